The zero-order chi connectivity index (χ0) is 24.1. The molecule has 8 nitrogen and oxygen atoms in total. The first-order valence-corrected chi connectivity index (χ1v) is 13.1. The van der Waals surface area contributed by atoms with Crippen LogP contribution in [0.1, 0.15) is 49.8 Å². The van der Waals surface area contributed by atoms with Crippen LogP contribution in [0, 0.1) is 0 Å². The monoisotopic (exact) mass is 481 g/mol. The van der Waals surface area contributed by atoms with Crippen LogP contribution in [0.15, 0.2) is 66.1 Å². The number of aromatic nitrogens is 3. The number of rotatable bonds is 8. The van der Waals surface area contributed by atoms with Gasteiger partial charge in [0.15, 0.2) is 0 Å². The number of aryl methyl sites for hydroxylation is 1. The van der Waals surface area contributed by atoms with Gasteiger partial charge in [0.1, 0.15) is 12.7 Å². The van der Waals surface area contributed by atoms with Crippen molar-refractivity contribution in [3.63, 3.8) is 0 Å². The van der Waals surface area contributed by atoms with Crippen molar-refractivity contribution < 1.29 is 13.2 Å². The van der Waals surface area contributed by atoms with Gasteiger partial charge in [0, 0.05) is 26.6 Å². The fraction of sp³-hybridized carbons (Fsp3) is 0.400. The van der Waals surface area contributed by atoms with E-state index in [0.29, 0.717) is 30.8 Å². The highest BCUT2D eigenvalue weighted by Gasteiger charge is 2.25. The molecule has 3 aromatic rings. The summed E-state index contributed by atoms with van der Waals surface area (Å²) in [6.45, 7) is 3.18. The molecule has 0 spiro atoms. The highest BCUT2D eigenvalue weighted by atomic mass is 32.2. The Balaban J connectivity index is 1.33. The molecule has 1 amide bonds. The molecule has 4 rings (SSSR count). The lowest BCUT2D eigenvalue weighted by Gasteiger charge is -2.26. The van der Waals surface area contributed by atoms with Crippen LogP contribution < -0.4 is 0 Å². The first-order chi connectivity index (χ1) is 16.4. The van der Waals surface area contributed by atoms with Crippen LogP contribution in [0.5, 0.6) is 0 Å². The predicted molar refractivity (Wildman–Crippen MR) is 130 cm³/mol. The molecule has 34 heavy (non-hydrogen) atoms. The molecule has 180 valence electrons. The van der Waals surface area contributed by atoms with E-state index in [1.54, 1.807) is 32.3 Å². The number of hydrogen-bond acceptors (Lipinski definition) is 5. The summed E-state index contributed by atoms with van der Waals surface area (Å²) in [5, 5.41) is 4.13. The van der Waals surface area contributed by atoms with E-state index in [0.717, 1.165) is 36.1 Å². The molecule has 1 fully saturated rings. The Bertz CT molecular complexity index is 1190. The predicted octanol–water partition coefficient (Wildman–Crippen LogP) is 3.59. The zero-order valence-electron chi connectivity index (χ0n) is 19.7. The van der Waals surface area contributed by atoms with E-state index >= 15 is 0 Å². The number of nitrogens with zero attached hydrogens (tertiary/aromatic N) is 5. The fourth-order valence-electron chi connectivity index (χ4n) is 4.20. The maximum Gasteiger partial charge on any atom is 0.243 e. The van der Waals surface area contributed by atoms with Crippen molar-refractivity contribution in [1.29, 1.82) is 0 Å². The van der Waals surface area contributed by atoms with Gasteiger partial charge in [-0.2, -0.15) is 9.40 Å². The van der Waals surface area contributed by atoms with Gasteiger partial charge in [-0.05, 0) is 61.6 Å². The van der Waals surface area contributed by atoms with Crippen LogP contribution in [-0.4, -0.2) is 58.4 Å². The van der Waals surface area contributed by atoms with Gasteiger partial charge >= 0.3 is 0 Å². The Hall–Kier alpha value is -3.04. The van der Waals surface area contributed by atoms with E-state index < -0.39 is 10.0 Å². The summed E-state index contributed by atoms with van der Waals surface area (Å²) in [5.41, 5.74) is 2.89. The summed E-state index contributed by atoms with van der Waals surface area (Å²) in [7, 11) is -1.62. The Labute approximate surface area is 201 Å². The number of piperidine rings is 1. The van der Waals surface area contributed by atoms with Gasteiger partial charge in [-0.15, -0.1) is 0 Å². The molecule has 1 aromatic heterocycles. The molecular weight excluding hydrogens is 450 g/mol. The van der Waals surface area contributed by atoms with Gasteiger partial charge in [-0.25, -0.2) is 18.1 Å². The number of carbonyl (C=O) groups is 1. The van der Waals surface area contributed by atoms with Crippen LogP contribution in [0.4, 0.5) is 0 Å². The van der Waals surface area contributed by atoms with Crippen LogP contribution in [0.2, 0.25) is 0 Å². The van der Waals surface area contributed by atoms with Crippen molar-refractivity contribution in [1.82, 2.24) is 24.0 Å². The highest BCUT2D eigenvalue weighted by Crippen LogP contribution is 2.23. The molecule has 9 heteroatoms. The second-order valence-corrected chi connectivity index (χ2v) is 10.7. The van der Waals surface area contributed by atoms with Crippen LogP contribution in [-0.2, 0) is 21.2 Å². The lowest BCUT2D eigenvalue weighted by molar-refractivity contribution is -0.131. The normalized spacial score (nSPS) is 15.7. The summed E-state index contributed by atoms with van der Waals surface area (Å²) >= 11 is 0. The van der Waals surface area contributed by atoms with Crippen LogP contribution in [0.25, 0.3) is 5.69 Å². The molecule has 0 unspecified atom stereocenters. The van der Waals surface area contributed by atoms with E-state index in [1.807, 2.05) is 50.4 Å². The zero-order valence-corrected chi connectivity index (χ0v) is 20.5. The molecule has 1 saturated heterocycles. The summed E-state index contributed by atoms with van der Waals surface area (Å²) in [6.07, 6.45) is 6.96. The number of amides is 1. The third kappa shape index (κ3) is 5.37. The van der Waals surface area contributed by atoms with E-state index in [9.17, 15) is 13.2 Å². The second kappa shape index (κ2) is 10.5. The Morgan fingerprint density at radius 2 is 1.71 bits per heavy atom. The molecule has 1 aliphatic rings. The number of sulfonamides is 1. The molecule has 0 N–H and O–H groups in total. The molecule has 0 saturated carbocycles. The van der Waals surface area contributed by atoms with Gasteiger partial charge in [0.2, 0.25) is 15.9 Å². The SMILES string of the molecule is C[C@H](c1ccc(-n2cncn2)cc1)N(C)C(=O)CCc1ccc(S(=O)(=O)N2CCCCC2)cc1. The van der Waals surface area contributed by atoms with E-state index in [-0.39, 0.29) is 11.9 Å². The third-order valence-corrected chi connectivity index (χ3v) is 8.45. The molecule has 2 heterocycles. The fourth-order valence-corrected chi connectivity index (χ4v) is 5.71. The van der Waals surface area contributed by atoms with E-state index in [1.165, 1.54) is 6.33 Å². The number of hydrogen-bond donors (Lipinski definition) is 0. The van der Waals surface area contributed by atoms with Crippen molar-refractivity contribution in [2.75, 3.05) is 20.1 Å². The van der Waals surface area contributed by atoms with Crippen molar-refractivity contribution >= 4 is 15.9 Å². The molecule has 1 aliphatic heterocycles. The van der Waals surface area contributed by atoms with Crippen molar-refractivity contribution in [3.05, 3.63) is 72.3 Å². The summed E-state index contributed by atoms with van der Waals surface area (Å²) in [4.78, 5) is 18.8. The number of carbonyl (C=O) groups excluding carboxylic acids is 1. The van der Waals surface area contributed by atoms with Gasteiger partial charge in [0.25, 0.3) is 0 Å². The van der Waals surface area contributed by atoms with E-state index in [4.69, 9.17) is 0 Å². The van der Waals surface area contributed by atoms with Gasteiger partial charge in [-0.1, -0.05) is 30.7 Å². The number of benzene rings is 2. The van der Waals surface area contributed by atoms with Crippen molar-refractivity contribution in [2.45, 2.75) is 50.0 Å². The van der Waals surface area contributed by atoms with Gasteiger partial charge in [-0.3, -0.25) is 4.79 Å². The summed E-state index contributed by atoms with van der Waals surface area (Å²) in [6, 6.07) is 14.8. The Morgan fingerprint density at radius 1 is 1.03 bits per heavy atom. The van der Waals surface area contributed by atoms with Crippen LogP contribution >= 0.6 is 0 Å². The third-order valence-electron chi connectivity index (χ3n) is 6.54. The maximum atomic E-state index is 12.8. The van der Waals surface area contributed by atoms with Crippen molar-refractivity contribution in [2.24, 2.45) is 0 Å². The molecule has 0 bridgehead atoms. The average Bonchev–Trinajstić information content (AvgIpc) is 3.42. The maximum absolute atomic E-state index is 12.8. The van der Waals surface area contributed by atoms with E-state index in [2.05, 4.69) is 10.1 Å². The quantitative estimate of drug-likeness (QED) is 0.491. The van der Waals surface area contributed by atoms with Crippen LogP contribution in [0.3, 0.4) is 0 Å². The minimum atomic E-state index is -3.43. The minimum Gasteiger partial charge on any atom is -0.339 e. The summed E-state index contributed by atoms with van der Waals surface area (Å²) in [5.74, 6) is 0.0397. The standard InChI is InChI=1S/C25H31N5O3S/c1-20(22-9-11-23(12-10-22)30-19-26-18-27-30)28(2)25(31)15-8-21-6-13-24(14-7-21)34(32,33)29-16-4-3-5-17-29/h6-7,9-14,18-20H,3-5,8,15-17H2,1-2H3/t20-/m1/s1. The molecular formula is C25H31N5O3S. The topological polar surface area (TPSA) is 88.4 Å². The smallest absolute Gasteiger partial charge is 0.243 e. The minimum absolute atomic E-state index is 0.0397. The first-order valence-electron chi connectivity index (χ1n) is 11.7. The molecule has 2 aromatic carbocycles. The first kappa shape index (κ1) is 24.1. The summed E-state index contributed by atoms with van der Waals surface area (Å²) < 4.78 is 28.9. The second-order valence-electron chi connectivity index (χ2n) is 8.72. The Morgan fingerprint density at radius 3 is 2.32 bits per heavy atom. The van der Waals surface area contributed by atoms with Gasteiger partial charge in [0.05, 0.1) is 16.6 Å². The lowest BCUT2D eigenvalue weighted by atomic mass is 10.1. The Kier molecular flexibility index (Phi) is 7.43. The highest BCUT2D eigenvalue weighted by molar-refractivity contribution is 7.89. The average molecular weight is 482 g/mol. The largest absolute Gasteiger partial charge is 0.339 e. The van der Waals surface area contributed by atoms with Crippen molar-refractivity contribution in [3.8, 4) is 5.69 Å². The molecule has 1 atom stereocenters. The molecule has 0 radical (unpaired) electrons. The van der Waals surface area contributed by atoms with Gasteiger partial charge < -0.3 is 4.90 Å². The lowest BCUT2D eigenvalue weighted by Crippen LogP contribution is -2.35. The molecule has 0 aliphatic carbocycles.